The number of carbonyl (C=O) groups is 2. The molecule has 3 rings (SSSR count). The number of aromatic nitrogens is 2. The van der Waals surface area contributed by atoms with Crippen LogP contribution in [0.1, 0.15) is 12.8 Å². The molecule has 0 spiro atoms. The number of nitrogens with zero attached hydrogens (tertiary/aromatic N) is 4. The second-order valence-electron chi connectivity index (χ2n) is 6.11. The zero-order chi connectivity index (χ0) is 14.9. The summed E-state index contributed by atoms with van der Waals surface area (Å²) >= 11 is 0. The van der Waals surface area contributed by atoms with Crippen molar-refractivity contribution in [1.82, 2.24) is 24.9 Å². The Hall–Kier alpha value is -2.05. The largest absolute Gasteiger partial charge is 0.354 e. The van der Waals surface area contributed by atoms with Gasteiger partial charge in [-0.3, -0.25) is 9.48 Å². The summed E-state index contributed by atoms with van der Waals surface area (Å²) < 4.78 is 1.91. The van der Waals surface area contributed by atoms with Gasteiger partial charge in [-0.05, 0) is 18.9 Å². The molecule has 0 radical (unpaired) electrons. The van der Waals surface area contributed by atoms with Gasteiger partial charge < -0.3 is 15.1 Å². The van der Waals surface area contributed by atoms with Crippen LogP contribution in [0.5, 0.6) is 0 Å². The third-order valence-corrected chi connectivity index (χ3v) is 4.31. The summed E-state index contributed by atoms with van der Waals surface area (Å²) in [5, 5.41) is 7.18. The highest BCUT2D eigenvalue weighted by Gasteiger charge is 2.43. The minimum absolute atomic E-state index is 0.0668. The molecular weight excluding hydrogens is 270 g/mol. The Bertz CT molecular complexity index is 523. The van der Waals surface area contributed by atoms with Crippen LogP contribution in [0.4, 0.5) is 4.79 Å². The van der Waals surface area contributed by atoms with Crippen LogP contribution in [0, 0.1) is 5.41 Å². The van der Waals surface area contributed by atoms with Gasteiger partial charge in [0.2, 0.25) is 5.91 Å². The maximum Gasteiger partial charge on any atom is 0.320 e. The smallest absolute Gasteiger partial charge is 0.320 e. The predicted molar refractivity (Wildman–Crippen MR) is 76.5 cm³/mol. The molecule has 1 aliphatic carbocycles. The van der Waals surface area contributed by atoms with Gasteiger partial charge >= 0.3 is 6.03 Å². The first-order valence-electron chi connectivity index (χ1n) is 7.32. The quantitative estimate of drug-likeness (QED) is 0.811. The maximum absolute atomic E-state index is 12.0. The fourth-order valence-corrected chi connectivity index (χ4v) is 2.67. The Morgan fingerprint density at radius 1 is 1.43 bits per heavy atom. The molecule has 21 heavy (non-hydrogen) atoms. The summed E-state index contributed by atoms with van der Waals surface area (Å²) in [5.74, 6) is -0.0783. The van der Waals surface area contributed by atoms with Crippen molar-refractivity contribution in [1.29, 1.82) is 0 Å². The number of amides is 3. The average Bonchev–Trinajstić information content (AvgIpc) is 2.90. The van der Waals surface area contributed by atoms with Crippen molar-refractivity contribution in [3.8, 4) is 0 Å². The van der Waals surface area contributed by atoms with Crippen LogP contribution in [0.15, 0.2) is 18.5 Å². The Morgan fingerprint density at radius 3 is 2.81 bits per heavy atom. The van der Waals surface area contributed by atoms with Gasteiger partial charge in [-0.15, -0.1) is 0 Å². The number of urea groups is 1. The Balaban J connectivity index is 1.45. The van der Waals surface area contributed by atoms with E-state index in [-0.39, 0.29) is 23.9 Å². The SMILES string of the molecule is CN1CCN(CC(=O)NCC2(Cn3cccn3)CC2)C1=O. The first kappa shape index (κ1) is 13.9. The lowest BCUT2D eigenvalue weighted by Crippen LogP contribution is -2.41. The van der Waals surface area contributed by atoms with E-state index in [2.05, 4.69) is 10.4 Å². The van der Waals surface area contributed by atoms with Crippen molar-refractivity contribution in [2.45, 2.75) is 19.4 Å². The first-order valence-corrected chi connectivity index (χ1v) is 7.32. The van der Waals surface area contributed by atoms with E-state index in [1.54, 1.807) is 23.0 Å². The molecule has 2 heterocycles. The van der Waals surface area contributed by atoms with E-state index in [1.807, 2.05) is 16.9 Å². The number of likely N-dealkylation sites (N-methyl/N-ethyl adjacent to an activating group) is 1. The van der Waals surface area contributed by atoms with Gasteiger partial charge in [0.05, 0.1) is 0 Å². The number of hydrogen-bond acceptors (Lipinski definition) is 3. The fraction of sp³-hybridized carbons (Fsp3) is 0.643. The van der Waals surface area contributed by atoms with Crippen LogP contribution in [0.2, 0.25) is 0 Å². The van der Waals surface area contributed by atoms with Gasteiger partial charge in [-0.1, -0.05) is 0 Å². The summed E-state index contributed by atoms with van der Waals surface area (Å²) in [4.78, 5) is 26.9. The molecule has 0 bridgehead atoms. The Morgan fingerprint density at radius 2 is 2.24 bits per heavy atom. The van der Waals surface area contributed by atoms with Crippen LogP contribution in [0.25, 0.3) is 0 Å². The number of hydrogen-bond donors (Lipinski definition) is 1. The number of carbonyl (C=O) groups excluding carboxylic acids is 2. The molecule has 0 aromatic carbocycles. The van der Waals surface area contributed by atoms with Gasteiger partial charge in [0.25, 0.3) is 0 Å². The molecule has 3 amide bonds. The van der Waals surface area contributed by atoms with Crippen LogP contribution < -0.4 is 5.32 Å². The zero-order valence-electron chi connectivity index (χ0n) is 12.3. The summed E-state index contributed by atoms with van der Waals surface area (Å²) in [5.41, 5.74) is 0.146. The lowest BCUT2D eigenvalue weighted by molar-refractivity contribution is -0.121. The molecule has 0 unspecified atom stereocenters. The second-order valence-corrected chi connectivity index (χ2v) is 6.11. The lowest BCUT2D eigenvalue weighted by Gasteiger charge is -2.19. The minimum atomic E-state index is -0.0783. The van der Waals surface area contributed by atoms with E-state index in [4.69, 9.17) is 0 Å². The lowest BCUT2D eigenvalue weighted by atomic mass is 10.1. The van der Waals surface area contributed by atoms with Gasteiger partial charge in [0, 0.05) is 51.0 Å². The molecular formula is C14H21N5O2. The average molecular weight is 291 g/mol. The van der Waals surface area contributed by atoms with Gasteiger partial charge in [0.15, 0.2) is 0 Å². The Kier molecular flexibility index (Phi) is 3.57. The molecule has 1 aromatic rings. The Labute approximate surface area is 123 Å². The predicted octanol–water partition coefficient (Wildman–Crippen LogP) is 0.147. The molecule has 1 saturated carbocycles. The summed E-state index contributed by atoms with van der Waals surface area (Å²) in [6, 6.07) is 1.84. The summed E-state index contributed by atoms with van der Waals surface area (Å²) in [6.45, 7) is 2.97. The van der Waals surface area contributed by atoms with Gasteiger partial charge in [0.1, 0.15) is 6.54 Å². The van der Waals surface area contributed by atoms with Gasteiger partial charge in [-0.2, -0.15) is 5.10 Å². The molecule has 2 fully saturated rings. The van der Waals surface area contributed by atoms with Crippen molar-refractivity contribution < 1.29 is 9.59 Å². The fourth-order valence-electron chi connectivity index (χ4n) is 2.67. The van der Waals surface area contributed by atoms with E-state index >= 15 is 0 Å². The zero-order valence-corrected chi connectivity index (χ0v) is 12.3. The number of rotatable bonds is 6. The monoisotopic (exact) mass is 291 g/mol. The summed E-state index contributed by atoms with van der Waals surface area (Å²) in [7, 11) is 1.75. The van der Waals surface area contributed by atoms with E-state index in [9.17, 15) is 9.59 Å². The van der Waals surface area contributed by atoms with E-state index < -0.39 is 0 Å². The first-order chi connectivity index (χ1) is 10.1. The van der Waals surface area contributed by atoms with Gasteiger partial charge in [-0.25, -0.2) is 4.79 Å². The van der Waals surface area contributed by atoms with E-state index in [0.717, 1.165) is 19.4 Å². The van der Waals surface area contributed by atoms with Crippen molar-refractivity contribution in [3.63, 3.8) is 0 Å². The van der Waals surface area contributed by atoms with Crippen molar-refractivity contribution in [3.05, 3.63) is 18.5 Å². The third kappa shape index (κ3) is 3.17. The highest BCUT2D eigenvalue weighted by Crippen LogP contribution is 2.46. The molecule has 2 aliphatic rings. The highest BCUT2D eigenvalue weighted by molar-refractivity contribution is 5.85. The standard InChI is InChI=1S/C14H21N5O2/c1-17-7-8-18(13(17)21)9-12(20)15-10-14(3-4-14)11-19-6-2-5-16-19/h2,5-6H,3-4,7-11H2,1H3,(H,15,20). The maximum atomic E-state index is 12.0. The van der Waals surface area contributed by atoms with Crippen LogP contribution in [-0.2, 0) is 11.3 Å². The minimum Gasteiger partial charge on any atom is -0.354 e. The molecule has 1 aliphatic heterocycles. The topological polar surface area (TPSA) is 70.5 Å². The van der Waals surface area contributed by atoms with Crippen LogP contribution in [-0.4, -0.2) is 64.7 Å². The van der Waals surface area contributed by atoms with E-state index in [1.165, 1.54) is 0 Å². The molecule has 1 aromatic heterocycles. The molecule has 7 nitrogen and oxygen atoms in total. The highest BCUT2D eigenvalue weighted by atomic mass is 16.2. The second kappa shape index (κ2) is 5.38. The van der Waals surface area contributed by atoms with Crippen molar-refractivity contribution >= 4 is 11.9 Å². The van der Waals surface area contributed by atoms with Crippen LogP contribution >= 0.6 is 0 Å². The van der Waals surface area contributed by atoms with Crippen molar-refractivity contribution in [2.24, 2.45) is 5.41 Å². The molecule has 1 saturated heterocycles. The van der Waals surface area contributed by atoms with E-state index in [0.29, 0.717) is 19.6 Å². The molecule has 114 valence electrons. The number of nitrogens with one attached hydrogen (secondary N) is 1. The summed E-state index contributed by atoms with van der Waals surface area (Å²) in [6.07, 6.45) is 5.93. The van der Waals surface area contributed by atoms with Crippen LogP contribution in [0.3, 0.4) is 0 Å². The normalized spacial score (nSPS) is 20.0. The van der Waals surface area contributed by atoms with Crippen molar-refractivity contribution in [2.75, 3.05) is 33.2 Å². The molecule has 1 N–H and O–H groups in total. The third-order valence-electron chi connectivity index (χ3n) is 4.31. The molecule has 7 heteroatoms. The molecule has 0 atom stereocenters.